The molecule has 1 nitrogen and oxygen atoms in total. The Kier molecular flexibility index (Phi) is 4.06. The standard InChI is InChI=1S/C15H13BrO/c1-2-3-4-9-17-15-8-6-12-10-14(16)7-5-13(12)11-15/h5-8,10-11H,4,9H2,1H3. The van der Waals surface area contributed by atoms with Gasteiger partial charge in [-0.2, -0.15) is 0 Å². The molecule has 86 valence electrons. The van der Waals surface area contributed by atoms with Crippen LogP contribution in [-0.2, 0) is 0 Å². The number of rotatable bonds is 3. The van der Waals surface area contributed by atoms with Crippen LogP contribution in [0, 0.1) is 11.8 Å². The number of benzene rings is 2. The van der Waals surface area contributed by atoms with Crippen LogP contribution in [0.15, 0.2) is 40.9 Å². The van der Waals surface area contributed by atoms with E-state index in [-0.39, 0.29) is 0 Å². The van der Waals surface area contributed by atoms with E-state index in [1.54, 1.807) is 0 Å². The lowest BCUT2D eigenvalue weighted by atomic mass is 10.1. The minimum atomic E-state index is 0.642. The summed E-state index contributed by atoms with van der Waals surface area (Å²) in [5.41, 5.74) is 0. The molecule has 0 aromatic heterocycles. The van der Waals surface area contributed by atoms with Crippen molar-refractivity contribution in [1.29, 1.82) is 0 Å². The number of hydrogen-bond donors (Lipinski definition) is 0. The highest BCUT2D eigenvalue weighted by Crippen LogP contribution is 2.24. The van der Waals surface area contributed by atoms with Gasteiger partial charge in [-0.1, -0.05) is 28.1 Å². The van der Waals surface area contributed by atoms with E-state index in [1.165, 1.54) is 10.8 Å². The minimum Gasteiger partial charge on any atom is -0.493 e. The lowest BCUT2D eigenvalue weighted by molar-refractivity contribution is 0.327. The maximum Gasteiger partial charge on any atom is 0.119 e. The zero-order valence-electron chi connectivity index (χ0n) is 9.66. The van der Waals surface area contributed by atoms with E-state index in [1.807, 2.05) is 19.1 Å². The molecule has 0 aliphatic carbocycles. The van der Waals surface area contributed by atoms with Crippen LogP contribution in [-0.4, -0.2) is 6.61 Å². The van der Waals surface area contributed by atoms with E-state index in [0.29, 0.717) is 6.61 Å². The summed E-state index contributed by atoms with van der Waals surface area (Å²) < 4.78 is 6.73. The van der Waals surface area contributed by atoms with Crippen molar-refractivity contribution in [2.75, 3.05) is 6.61 Å². The first-order valence-corrected chi connectivity index (χ1v) is 6.30. The Morgan fingerprint density at radius 1 is 1.12 bits per heavy atom. The molecule has 0 bridgehead atoms. The van der Waals surface area contributed by atoms with Crippen LogP contribution in [0.25, 0.3) is 10.8 Å². The molecule has 0 spiro atoms. The van der Waals surface area contributed by atoms with Gasteiger partial charge in [-0.3, -0.25) is 0 Å². The van der Waals surface area contributed by atoms with Crippen LogP contribution >= 0.6 is 15.9 Å². The van der Waals surface area contributed by atoms with Crippen LogP contribution in [0.4, 0.5) is 0 Å². The van der Waals surface area contributed by atoms with Gasteiger partial charge in [0.15, 0.2) is 0 Å². The topological polar surface area (TPSA) is 9.23 Å². The molecule has 17 heavy (non-hydrogen) atoms. The Labute approximate surface area is 110 Å². The van der Waals surface area contributed by atoms with Crippen LogP contribution in [0.1, 0.15) is 13.3 Å². The second-order valence-corrected chi connectivity index (χ2v) is 4.59. The zero-order valence-corrected chi connectivity index (χ0v) is 11.3. The third-order valence-electron chi connectivity index (χ3n) is 2.45. The van der Waals surface area contributed by atoms with E-state index in [2.05, 4.69) is 52.0 Å². The summed E-state index contributed by atoms with van der Waals surface area (Å²) in [5.74, 6) is 6.74. The first-order chi connectivity index (χ1) is 8.29. The molecule has 0 saturated carbocycles. The maximum absolute atomic E-state index is 5.63. The molecule has 0 heterocycles. The molecule has 0 aliphatic rings. The molecule has 2 rings (SSSR count). The van der Waals surface area contributed by atoms with Gasteiger partial charge in [0.2, 0.25) is 0 Å². The fourth-order valence-corrected chi connectivity index (χ4v) is 2.01. The third-order valence-corrected chi connectivity index (χ3v) is 2.94. The van der Waals surface area contributed by atoms with Crippen molar-refractivity contribution < 1.29 is 4.74 Å². The van der Waals surface area contributed by atoms with Gasteiger partial charge in [0.1, 0.15) is 5.75 Å². The maximum atomic E-state index is 5.63. The quantitative estimate of drug-likeness (QED) is 0.601. The summed E-state index contributed by atoms with van der Waals surface area (Å²) in [6.45, 7) is 2.48. The number of ether oxygens (including phenoxy) is 1. The molecule has 2 aromatic carbocycles. The third kappa shape index (κ3) is 3.25. The fourth-order valence-electron chi connectivity index (χ4n) is 1.63. The van der Waals surface area contributed by atoms with Crippen molar-refractivity contribution in [1.82, 2.24) is 0 Å². The van der Waals surface area contributed by atoms with Crippen molar-refractivity contribution in [2.45, 2.75) is 13.3 Å². The lowest BCUT2D eigenvalue weighted by Crippen LogP contribution is -1.95. The smallest absolute Gasteiger partial charge is 0.119 e. The minimum absolute atomic E-state index is 0.642. The van der Waals surface area contributed by atoms with Crippen LogP contribution in [0.3, 0.4) is 0 Å². The SMILES string of the molecule is CC#CCCOc1ccc2cc(Br)ccc2c1. The predicted octanol–water partition coefficient (Wildman–Crippen LogP) is 4.39. The van der Waals surface area contributed by atoms with Gasteiger partial charge in [0.05, 0.1) is 6.61 Å². The van der Waals surface area contributed by atoms with Gasteiger partial charge in [-0.05, 0) is 42.0 Å². The highest BCUT2D eigenvalue weighted by molar-refractivity contribution is 9.10. The van der Waals surface area contributed by atoms with E-state index in [4.69, 9.17) is 4.74 Å². The molecule has 0 unspecified atom stereocenters. The molecule has 0 N–H and O–H groups in total. The Balaban J connectivity index is 2.13. The van der Waals surface area contributed by atoms with E-state index < -0.39 is 0 Å². The first kappa shape index (κ1) is 12.0. The molecular formula is C15H13BrO. The average molecular weight is 289 g/mol. The van der Waals surface area contributed by atoms with E-state index in [9.17, 15) is 0 Å². The molecule has 0 amide bonds. The van der Waals surface area contributed by atoms with Crippen molar-refractivity contribution in [3.05, 3.63) is 40.9 Å². The Morgan fingerprint density at radius 2 is 1.88 bits per heavy atom. The Hall–Kier alpha value is -1.46. The highest BCUT2D eigenvalue weighted by atomic mass is 79.9. The fraction of sp³-hybridized carbons (Fsp3) is 0.200. The van der Waals surface area contributed by atoms with Gasteiger partial charge in [-0.25, -0.2) is 0 Å². The van der Waals surface area contributed by atoms with Crippen molar-refractivity contribution in [2.24, 2.45) is 0 Å². The molecule has 0 radical (unpaired) electrons. The van der Waals surface area contributed by atoms with Crippen LogP contribution in [0.2, 0.25) is 0 Å². The molecular weight excluding hydrogens is 276 g/mol. The highest BCUT2D eigenvalue weighted by Gasteiger charge is 1.98. The summed E-state index contributed by atoms with van der Waals surface area (Å²) in [6, 6.07) is 12.3. The van der Waals surface area contributed by atoms with Crippen molar-refractivity contribution in [3.63, 3.8) is 0 Å². The second-order valence-electron chi connectivity index (χ2n) is 3.68. The molecule has 2 aromatic rings. The van der Waals surface area contributed by atoms with Gasteiger partial charge >= 0.3 is 0 Å². The first-order valence-electron chi connectivity index (χ1n) is 5.51. The van der Waals surface area contributed by atoms with E-state index in [0.717, 1.165) is 16.6 Å². The number of fused-ring (bicyclic) bond motifs is 1. The summed E-state index contributed by atoms with van der Waals surface area (Å²) >= 11 is 3.46. The van der Waals surface area contributed by atoms with Gasteiger partial charge in [-0.15, -0.1) is 11.8 Å². The molecule has 0 aliphatic heterocycles. The van der Waals surface area contributed by atoms with Gasteiger partial charge in [0, 0.05) is 10.9 Å². The van der Waals surface area contributed by atoms with Crippen molar-refractivity contribution in [3.8, 4) is 17.6 Å². The summed E-state index contributed by atoms with van der Waals surface area (Å²) in [7, 11) is 0. The number of halogens is 1. The van der Waals surface area contributed by atoms with Gasteiger partial charge in [0.25, 0.3) is 0 Å². The summed E-state index contributed by atoms with van der Waals surface area (Å²) in [5, 5.41) is 2.40. The van der Waals surface area contributed by atoms with E-state index >= 15 is 0 Å². The summed E-state index contributed by atoms with van der Waals surface area (Å²) in [4.78, 5) is 0. The van der Waals surface area contributed by atoms with Crippen LogP contribution < -0.4 is 4.74 Å². The average Bonchev–Trinajstić information content (AvgIpc) is 2.35. The molecule has 0 fully saturated rings. The zero-order chi connectivity index (χ0) is 12.1. The Morgan fingerprint density at radius 3 is 2.71 bits per heavy atom. The molecule has 0 saturated heterocycles. The van der Waals surface area contributed by atoms with Gasteiger partial charge < -0.3 is 4.74 Å². The normalized spacial score (nSPS) is 9.76. The second kappa shape index (κ2) is 5.75. The largest absolute Gasteiger partial charge is 0.493 e. The number of hydrogen-bond acceptors (Lipinski definition) is 1. The molecule has 2 heteroatoms. The molecule has 0 atom stereocenters. The lowest BCUT2D eigenvalue weighted by Gasteiger charge is -2.05. The van der Waals surface area contributed by atoms with Crippen molar-refractivity contribution >= 4 is 26.7 Å². The Bertz CT molecular complexity index is 578. The van der Waals surface area contributed by atoms with Crippen LogP contribution in [0.5, 0.6) is 5.75 Å². The predicted molar refractivity (Wildman–Crippen MR) is 75.2 cm³/mol. The monoisotopic (exact) mass is 288 g/mol. The summed E-state index contributed by atoms with van der Waals surface area (Å²) in [6.07, 6.45) is 0.773.